The smallest absolute Gasteiger partial charge is 0.313 e. The Hall–Kier alpha value is -4.56. The van der Waals surface area contributed by atoms with Gasteiger partial charge in [0.1, 0.15) is 17.0 Å². The lowest BCUT2D eigenvalue weighted by Crippen LogP contribution is -2.01. The Morgan fingerprint density at radius 3 is 2.61 bits per heavy atom. The van der Waals surface area contributed by atoms with E-state index >= 15 is 0 Å². The molecule has 0 radical (unpaired) electrons. The monoisotopic (exact) mass is 524 g/mol. The largest absolute Gasteiger partial charge is 0.496 e. The maximum absolute atomic E-state index is 13.1. The maximum Gasteiger partial charge on any atom is 0.313 e. The normalized spacial score (nSPS) is 11.3. The molecule has 0 aliphatic heterocycles. The molecule has 2 aromatic heterocycles. The zero-order valence-corrected chi connectivity index (χ0v) is 21.4. The Bertz CT molecular complexity index is 1600. The van der Waals surface area contributed by atoms with Crippen LogP contribution in [0.25, 0.3) is 34.2 Å². The van der Waals surface area contributed by atoms with E-state index in [1.807, 2.05) is 66.9 Å². The average molecular weight is 525 g/mol. The third kappa shape index (κ3) is 5.55. The van der Waals surface area contributed by atoms with E-state index in [1.54, 1.807) is 36.1 Å². The quantitative estimate of drug-likeness (QED) is 0.164. The highest BCUT2D eigenvalue weighted by molar-refractivity contribution is 7.99. The van der Waals surface area contributed by atoms with Crippen molar-refractivity contribution >= 4 is 40.6 Å². The van der Waals surface area contributed by atoms with Gasteiger partial charge in [-0.25, -0.2) is 4.68 Å². The molecule has 190 valence electrons. The van der Waals surface area contributed by atoms with E-state index in [-0.39, 0.29) is 11.5 Å². The number of ketones is 1. The number of carboxylic acid groups (broad SMARTS) is 1. The zero-order valence-electron chi connectivity index (χ0n) is 20.5. The van der Waals surface area contributed by atoms with Crippen molar-refractivity contribution < 1.29 is 23.8 Å². The van der Waals surface area contributed by atoms with Gasteiger partial charge in [-0.3, -0.25) is 9.59 Å². The third-order valence-electron chi connectivity index (χ3n) is 5.88. The lowest BCUT2D eigenvalue weighted by atomic mass is 10.1. The van der Waals surface area contributed by atoms with Gasteiger partial charge in [0.25, 0.3) is 0 Å². The molecule has 5 rings (SSSR count). The summed E-state index contributed by atoms with van der Waals surface area (Å²) in [5, 5.41) is 14.7. The summed E-state index contributed by atoms with van der Waals surface area (Å²) in [6.45, 7) is 0. The molecule has 0 saturated carbocycles. The van der Waals surface area contributed by atoms with Crippen molar-refractivity contribution in [3.63, 3.8) is 0 Å². The van der Waals surface area contributed by atoms with E-state index in [9.17, 15) is 9.59 Å². The van der Waals surface area contributed by atoms with Crippen molar-refractivity contribution in [1.82, 2.24) is 9.78 Å². The number of thioether (sulfide) groups is 1. The SMILES string of the molecule is COc1ccc(C(=O)C=Cc2cn(-c3ccccc3)nc2-c2cc3ccccc3o2)cc1CSCC(=O)O. The number of rotatable bonds is 10. The van der Waals surface area contributed by atoms with Crippen LogP contribution in [0.1, 0.15) is 21.5 Å². The van der Waals surface area contributed by atoms with Crippen LogP contribution in [-0.4, -0.2) is 39.5 Å². The van der Waals surface area contributed by atoms with Crippen molar-refractivity contribution in [2.45, 2.75) is 5.75 Å². The summed E-state index contributed by atoms with van der Waals surface area (Å²) >= 11 is 1.25. The molecule has 38 heavy (non-hydrogen) atoms. The van der Waals surface area contributed by atoms with Crippen LogP contribution in [0.15, 0.2) is 95.6 Å². The van der Waals surface area contributed by atoms with Crippen molar-refractivity contribution in [3.05, 3.63) is 108 Å². The molecule has 0 atom stereocenters. The first-order chi connectivity index (χ1) is 18.5. The number of carboxylic acids is 1. The summed E-state index contributed by atoms with van der Waals surface area (Å²) in [5.41, 5.74) is 4.23. The molecule has 2 heterocycles. The van der Waals surface area contributed by atoms with Gasteiger partial charge in [-0.2, -0.15) is 5.10 Å². The number of hydrogen-bond donors (Lipinski definition) is 1. The summed E-state index contributed by atoms with van der Waals surface area (Å²) in [7, 11) is 1.55. The molecule has 0 amide bonds. The molecule has 1 N–H and O–H groups in total. The number of ether oxygens (including phenoxy) is 1. The second kappa shape index (κ2) is 11.2. The second-order valence-corrected chi connectivity index (χ2v) is 9.46. The van der Waals surface area contributed by atoms with Crippen molar-refractivity contribution in [2.24, 2.45) is 0 Å². The maximum atomic E-state index is 13.1. The first-order valence-electron chi connectivity index (χ1n) is 11.8. The van der Waals surface area contributed by atoms with E-state index in [1.165, 1.54) is 17.8 Å². The molecule has 5 aromatic rings. The Morgan fingerprint density at radius 1 is 1.05 bits per heavy atom. The number of para-hydroxylation sites is 2. The molecule has 0 fully saturated rings. The molecule has 3 aromatic carbocycles. The van der Waals surface area contributed by atoms with Gasteiger partial charge in [-0.15, -0.1) is 11.8 Å². The standard InChI is InChI=1S/C30H24N2O5S/c1-36-26-14-12-20(15-23(26)18-38-19-29(34)35)25(33)13-11-22-17-32(24-8-3-2-4-9-24)31-30(22)28-16-21-7-5-6-10-27(21)37-28/h2-17H,18-19H2,1H3,(H,34,35). The molecule has 7 nitrogen and oxygen atoms in total. The van der Waals surface area contributed by atoms with Crippen LogP contribution in [-0.2, 0) is 10.5 Å². The summed E-state index contributed by atoms with van der Waals surface area (Å²) < 4.78 is 13.2. The topological polar surface area (TPSA) is 94.6 Å². The van der Waals surface area contributed by atoms with Crippen LogP contribution in [0.2, 0.25) is 0 Å². The van der Waals surface area contributed by atoms with Gasteiger partial charge >= 0.3 is 5.97 Å². The number of nitrogens with zero attached hydrogens (tertiary/aromatic N) is 2. The number of carbonyl (C=O) groups excluding carboxylic acids is 1. The zero-order chi connectivity index (χ0) is 26.5. The fourth-order valence-electron chi connectivity index (χ4n) is 4.07. The predicted octanol–water partition coefficient (Wildman–Crippen LogP) is 6.51. The third-order valence-corrected chi connectivity index (χ3v) is 6.85. The van der Waals surface area contributed by atoms with Gasteiger partial charge in [0, 0.05) is 34.0 Å². The van der Waals surface area contributed by atoms with Crippen LogP contribution >= 0.6 is 11.8 Å². The first kappa shape index (κ1) is 25.1. The van der Waals surface area contributed by atoms with Crippen LogP contribution in [0, 0.1) is 0 Å². The fourth-order valence-corrected chi connectivity index (χ4v) is 4.79. The van der Waals surface area contributed by atoms with Crippen LogP contribution in [0.3, 0.4) is 0 Å². The Kier molecular flexibility index (Phi) is 7.42. The van der Waals surface area contributed by atoms with Gasteiger partial charge in [0.2, 0.25) is 0 Å². The minimum absolute atomic E-state index is 0.0306. The number of furan rings is 1. The molecule has 0 bridgehead atoms. The van der Waals surface area contributed by atoms with Crippen LogP contribution in [0.5, 0.6) is 5.75 Å². The minimum atomic E-state index is -0.888. The number of hydrogen-bond acceptors (Lipinski definition) is 6. The van der Waals surface area contributed by atoms with E-state index < -0.39 is 5.97 Å². The van der Waals surface area contributed by atoms with Crippen LogP contribution < -0.4 is 4.74 Å². The molecule has 0 aliphatic rings. The second-order valence-electron chi connectivity index (χ2n) is 8.47. The highest BCUT2D eigenvalue weighted by Crippen LogP contribution is 2.31. The summed E-state index contributed by atoms with van der Waals surface area (Å²) in [4.78, 5) is 24.0. The van der Waals surface area contributed by atoms with Crippen molar-refractivity contribution in [1.29, 1.82) is 0 Å². The number of benzene rings is 3. The van der Waals surface area contributed by atoms with Gasteiger partial charge in [-0.1, -0.05) is 36.4 Å². The summed E-state index contributed by atoms with van der Waals surface area (Å²) in [5.74, 6) is 0.521. The number of fused-ring (bicyclic) bond motifs is 1. The minimum Gasteiger partial charge on any atom is -0.496 e. The first-order valence-corrected chi connectivity index (χ1v) is 13.0. The molecule has 8 heteroatoms. The highest BCUT2D eigenvalue weighted by Gasteiger charge is 2.16. The molecular formula is C30H24N2O5S. The van der Waals surface area contributed by atoms with Gasteiger partial charge < -0.3 is 14.3 Å². The van der Waals surface area contributed by atoms with Crippen LogP contribution in [0.4, 0.5) is 0 Å². The lowest BCUT2D eigenvalue weighted by molar-refractivity contribution is -0.133. The van der Waals surface area contributed by atoms with E-state index in [2.05, 4.69) is 0 Å². The lowest BCUT2D eigenvalue weighted by Gasteiger charge is -2.09. The average Bonchev–Trinajstić information content (AvgIpc) is 3.56. The summed E-state index contributed by atoms with van der Waals surface area (Å²) in [6, 6.07) is 24.6. The van der Waals surface area contributed by atoms with Gasteiger partial charge in [-0.05, 0) is 54.6 Å². The molecule has 0 spiro atoms. The Morgan fingerprint density at radius 2 is 1.84 bits per heavy atom. The Balaban J connectivity index is 1.47. The van der Waals surface area contributed by atoms with E-state index in [0.717, 1.165) is 27.8 Å². The number of aromatic nitrogens is 2. The molecule has 0 aliphatic carbocycles. The predicted molar refractivity (Wildman–Crippen MR) is 149 cm³/mol. The number of carbonyl (C=O) groups is 2. The van der Waals surface area contributed by atoms with Gasteiger partial charge in [0.05, 0.1) is 18.6 Å². The number of aliphatic carboxylic acids is 1. The molecule has 0 saturated heterocycles. The van der Waals surface area contributed by atoms with Gasteiger partial charge in [0.15, 0.2) is 11.5 Å². The highest BCUT2D eigenvalue weighted by atomic mass is 32.2. The Labute approximate surface area is 223 Å². The molecule has 0 unspecified atom stereocenters. The van der Waals surface area contributed by atoms with Crippen molar-refractivity contribution in [2.75, 3.05) is 12.9 Å². The van der Waals surface area contributed by atoms with E-state index in [4.69, 9.17) is 19.4 Å². The number of allylic oxidation sites excluding steroid dienone is 1. The van der Waals surface area contributed by atoms with E-state index in [0.29, 0.717) is 28.5 Å². The number of methoxy groups -OCH3 is 1. The van der Waals surface area contributed by atoms with Crippen molar-refractivity contribution in [3.8, 4) is 22.9 Å². The molecular weight excluding hydrogens is 500 g/mol. The fraction of sp³-hybridized carbons (Fsp3) is 0.100. The summed E-state index contributed by atoms with van der Waals surface area (Å²) in [6.07, 6.45) is 5.11.